The van der Waals surface area contributed by atoms with E-state index in [0.29, 0.717) is 12.3 Å². The molecule has 0 aliphatic carbocycles. The standard InChI is InChI=1S/C12H26N2O3/c1-8(2)6-9(10(15)7-13)14-11(16)17-12(3,4)5/h8-10,15H,6-7,13H2,1-5H3,(H,14,16). The second-order valence-electron chi connectivity index (χ2n) is 5.69. The Kier molecular flexibility index (Phi) is 6.49. The van der Waals surface area contributed by atoms with Gasteiger partial charge in [0.25, 0.3) is 0 Å². The lowest BCUT2D eigenvalue weighted by Crippen LogP contribution is -2.48. The lowest BCUT2D eigenvalue weighted by atomic mass is 9.99. The third kappa shape index (κ3) is 7.99. The van der Waals surface area contributed by atoms with Gasteiger partial charge in [0, 0.05) is 6.54 Å². The highest BCUT2D eigenvalue weighted by Crippen LogP contribution is 2.11. The molecule has 4 N–H and O–H groups in total. The summed E-state index contributed by atoms with van der Waals surface area (Å²) in [6.07, 6.45) is -0.599. The van der Waals surface area contributed by atoms with Crippen molar-refractivity contribution < 1.29 is 14.6 Å². The number of nitrogens with two attached hydrogens (primary N) is 1. The summed E-state index contributed by atoms with van der Waals surface area (Å²) in [5.74, 6) is 0.358. The van der Waals surface area contributed by atoms with Crippen LogP contribution in [0.2, 0.25) is 0 Å². The molecule has 0 aromatic carbocycles. The van der Waals surface area contributed by atoms with E-state index in [2.05, 4.69) is 5.32 Å². The second kappa shape index (κ2) is 6.81. The third-order valence-electron chi connectivity index (χ3n) is 2.13. The molecule has 0 saturated carbocycles. The minimum absolute atomic E-state index is 0.118. The summed E-state index contributed by atoms with van der Waals surface area (Å²) in [7, 11) is 0. The Balaban J connectivity index is 4.37. The molecule has 0 spiro atoms. The lowest BCUT2D eigenvalue weighted by molar-refractivity contribution is 0.0413. The first-order chi connectivity index (χ1) is 7.65. The summed E-state index contributed by atoms with van der Waals surface area (Å²) < 4.78 is 5.14. The van der Waals surface area contributed by atoms with Crippen molar-refractivity contribution in [3.63, 3.8) is 0 Å². The Bertz CT molecular complexity index is 236. The van der Waals surface area contributed by atoms with Crippen LogP contribution in [0.15, 0.2) is 0 Å². The summed E-state index contributed by atoms with van der Waals surface area (Å²) in [5, 5.41) is 12.4. The van der Waals surface area contributed by atoms with Gasteiger partial charge >= 0.3 is 6.09 Å². The molecule has 2 atom stereocenters. The molecular formula is C12H26N2O3. The van der Waals surface area contributed by atoms with Gasteiger partial charge in [-0.1, -0.05) is 13.8 Å². The molecule has 0 aliphatic rings. The van der Waals surface area contributed by atoms with E-state index in [1.54, 1.807) is 20.8 Å². The van der Waals surface area contributed by atoms with Crippen LogP contribution < -0.4 is 11.1 Å². The van der Waals surface area contributed by atoms with Crippen LogP contribution in [0, 0.1) is 5.92 Å². The topological polar surface area (TPSA) is 84.6 Å². The van der Waals surface area contributed by atoms with Crippen molar-refractivity contribution in [2.75, 3.05) is 6.54 Å². The summed E-state index contributed by atoms with van der Waals surface area (Å²) in [4.78, 5) is 11.6. The van der Waals surface area contributed by atoms with E-state index in [-0.39, 0.29) is 12.6 Å². The monoisotopic (exact) mass is 246 g/mol. The second-order valence-corrected chi connectivity index (χ2v) is 5.69. The number of carbonyl (C=O) groups excluding carboxylic acids is 1. The number of nitrogens with one attached hydrogen (secondary N) is 1. The summed E-state index contributed by atoms with van der Waals surface area (Å²) in [6, 6.07) is -0.366. The molecule has 0 fully saturated rings. The number of rotatable bonds is 5. The van der Waals surface area contributed by atoms with Crippen molar-refractivity contribution in [2.45, 2.75) is 58.8 Å². The molecule has 2 unspecified atom stereocenters. The van der Waals surface area contributed by atoms with E-state index < -0.39 is 17.8 Å². The fourth-order valence-electron chi connectivity index (χ4n) is 1.44. The van der Waals surface area contributed by atoms with Crippen LogP contribution in [-0.4, -0.2) is 35.5 Å². The molecule has 0 rings (SSSR count). The summed E-state index contributed by atoms with van der Waals surface area (Å²) in [6.45, 7) is 9.55. The number of alkyl carbamates (subject to hydrolysis) is 1. The van der Waals surface area contributed by atoms with Crippen LogP contribution in [0.5, 0.6) is 0 Å². The Morgan fingerprint density at radius 2 is 1.94 bits per heavy atom. The molecule has 0 aliphatic heterocycles. The number of hydrogen-bond donors (Lipinski definition) is 3. The molecule has 0 aromatic heterocycles. The lowest BCUT2D eigenvalue weighted by Gasteiger charge is -2.27. The normalized spacial score (nSPS) is 15.5. The smallest absolute Gasteiger partial charge is 0.407 e. The van der Waals surface area contributed by atoms with E-state index in [9.17, 15) is 9.90 Å². The van der Waals surface area contributed by atoms with E-state index in [4.69, 9.17) is 10.5 Å². The summed E-state index contributed by atoms with van der Waals surface area (Å²) in [5.41, 5.74) is 4.87. The highest BCUT2D eigenvalue weighted by Gasteiger charge is 2.24. The molecule has 1 amide bonds. The van der Waals surface area contributed by atoms with Gasteiger partial charge in [0.05, 0.1) is 12.1 Å². The molecule has 5 heteroatoms. The number of hydrogen-bond acceptors (Lipinski definition) is 4. The number of aliphatic hydroxyl groups is 1. The van der Waals surface area contributed by atoms with E-state index in [0.717, 1.165) is 0 Å². The van der Waals surface area contributed by atoms with Crippen molar-refractivity contribution in [3.05, 3.63) is 0 Å². The van der Waals surface area contributed by atoms with Crippen molar-refractivity contribution in [3.8, 4) is 0 Å². The minimum Gasteiger partial charge on any atom is -0.444 e. The van der Waals surface area contributed by atoms with Crippen molar-refractivity contribution >= 4 is 6.09 Å². The molecule has 17 heavy (non-hydrogen) atoms. The van der Waals surface area contributed by atoms with Gasteiger partial charge in [-0.05, 0) is 33.1 Å². The Morgan fingerprint density at radius 3 is 2.29 bits per heavy atom. The fraction of sp³-hybridized carbons (Fsp3) is 0.917. The average molecular weight is 246 g/mol. The Hall–Kier alpha value is -0.810. The maximum absolute atomic E-state index is 11.6. The molecular weight excluding hydrogens is 220 g/mol. The van der Waals surface area contributed by atoms with Gasteiger partial charge in [-0.25, -0.2) is 4.79 Å². The molecule has 0 bridgehead atoms. The molecule has 0 aromatic rings. The van der Waals surface area contributed by atoms with Gasteiger partial charge in [-0.15, -0.1) is 0 Å². The van der Waals surface area contributed by atoms with Crippen LogP contribution >= 0.6 is 0 Å². The van der Waals surface area contributed by atoms with Gasteiger partial charge in [0.1, 0.15) is 5.60 Å². The zero-order valence-corrected chi connectivity index (χ0v) is 11.5. The predicted molar refractivity (Wildman–Crippen MR) is 67.7 cm³/mol. The van der Waals surface area contributed by atoms with Gasteiger partial charge in [-0.2, -0.15) is 0 Å². The van der Waals surface area contributed by atoms with E-state index in [1.165, 1.54) is 0 Å². The maximum Gasteiger partial charge on any atom is 0.407 e. The van der Waals surface area contributed by atoms with E-state index >= 15 is 0 Å². The first kappa shape index (κ1) is 16.2. The van der Waals surface area contributed by atoms with E-state index in [1.807, 2.05) is 13.8 Å². The number of carbonyl (C=O) groups is 1. The van der Waals surface area contributed by atoms with Gasteiger partial charge < -0.3 is 20.9 Å². The van der Waals surface area contributed by atoms with Crippen LogP contribution in [-0.2, 0) is 4.74 Å². The number of aliphatic hydroxyl groups excluding tert-OH is 1. The van der Waals surface area contributed by atoms with Crippen molar-refractivity contribution in [1.29, 1.82) is 0 Å². The molecule has 0 radical (unpaired) electrons. The first-order valence-corrected chi connectivity index (χ1v) is 6.03. The van der Waals surface area contributed by atoms with Crippen LogP contribution in [0.3, 0.4) is 0 Å². The number of amides is 1. The van der Waals surface area contributed by atoms with Crippen LogP contribution in [0.1, 0.15) is 41.0 Å². The van der Waals surface area contributed by atoms with Gasteiger partial charge in [0.15, 0.2) is 0 Å². The average Bonchev–Trinajstić information content (AvgIpc) is 2.11. The quantitative estimate of drug-likeness (QED) is 0.681. The Labute approximate surface area is 104 Å². The largest absolute Gasteiger partial charge is 0.444 e. The number of ether oxygens (including phenoxy) is 1. The highest BCUT2D eigenvalue weighted by molar-refractivity contribution is 5.68. The Morgan fingerprint density at radius 1 is 1.41 bits per heavy atom. The molecule has 102 valence electrons. The highest BCUT2D eigenvalue weighted by atomic mass is 16.6. The molecule has 5 nitrogen and oxygen atoms in total. The minimum atomic E-state index is -0.745. The maximum atomic E-state index is 11.6. The predicted octanol–water partition coefficient (Wildman–Crippen LogP) is 1.25. The molecule has 0 heterocycles. The summed E-state index contributed by atoms with van der Waals surface area (Å²) >= 11 is 0. The van der Waals surface area contributed by atoms with Crippen LogP contribution in [0.4, 0.5) is 4.79 Å². The zero-order chi connectivity index (χ0) is 13.6. The van der Waals surface area contributed by atoms with Crippen molar-refractivity contribution in [2.24, 2.45) is 11.7 Å². The van der Waals surface area contributed by atoms with Gasteiger partial charge in [0.2, 0.25) is 0 Å². The fourth-order valence-corrected chi connectivity index (χ4v) is 1.44. The SMILES string of the molecule is CC(C)CC(NC(=O)OC(C)(C)C)C(O)CN. The first-order valence-electron chi connectivity index (χ1n) is 6.03. The molecule has 0 saturated heterocycles. The van der Waals surface area contributed by atoms with Crippen molar-refractivity contribution in [1.82, 2.24) is 5.32 Å². The third-order valence-corrected chi connectivity index (χ3v) is 2.13. The van der Waals surface area contributed by atoms with Crippen LogP contribution in [0.25, 0.3) is 0 Å². The van der Waals surface area contributed by atoms with Gasteiger partial charge in [-0.3, -0.25) is 0 Å². The zero-order valence-electron chi connectivity index (χ0n) is 11.5.